The Morgan fingerprint density at radius 2 is 2.04 bits per heavy atom. The average molecular weight is 466 g/mol. The molecule has 27 heavy (non-hydrogen) atoms. The summed E-state index contributed by atoms with van der Waals surface area (Å²) in [4.78, 5) is 3.80. The molecule has 0 atom stereocenters. The molecule has 1 heterocycles. The molecule has 0 fully saturated rings. The van der Waals surface area contributed by atoms with Gasteiger partial charge >= 0.3 is 0 Å². The lowest BCUT2D eigenvalue weighted by Crippen LogP contribution is -2.13. The SMILES string of the molecule is N#Cc1cc(S(=O)(=O)Nc2nccs2)ccc1Oc1ccc(Br)cc1CO. The molecular weight excluding hydrogens is 454 g/mol. The summed E-state index contributed by atoms with van der Waals surface area (Å²) in [6.45, 7) is -0.249. The quantitative estimate of drug-likeness (QED) is 0.571. The van der Waals surface area contributed by atoms with Crippen LogP contribution in [0.5, 0.6) is 11.5 Å². The fourth-order valence-electron chi connectivity index (χ4n) is 2.19. The third kappa shape index (κ3) is 4.45. The van der Waals surface area contributed by atoms with Crippen LogP contribution in [0.1, 0.15) is 11.1 Å². The number of aliphatic hydroxyl groups excluding tert-OH is 1. The number of sulfonamides is 1. The number of hydrogen-bond donors (Lipinski definition) is 2. The van der Waals surface area contributed by atoms with Gasteiger partial charge in [-0.25, -0.2) is 13.4 Å². The molecule has 0 spiro atoms. The topological polar surface area (TPSA) is 112 Å². The van der Waals surface area contributed by atoms with Crippen LogP contribution in [-0.4, -0.2) is 18.5 Å². The highest BCUT2D eigenvalue weighted by Gasteiger charge is 2.18. The van der Waals surface area contributed by atoms with Crippen LogP contribution >= 0.6 is 27.3 Å². The van der Waals surface area contributed by atoms with Crippen molar-refractivity contribution in [2.75, 3.05) is 4.72 Å². The van der Waals surface area contributed by atoms with Gasteiger partial charge < -0.3 is 9.84 Å². The number of halogens is 1. The molecule has 0 unspecified atom stereocenters. The summed E-state index contributed by atoms with van der Waals surface area (Å²) in [6, 6.07) is 11.0. The average Bonchev–Trinajstić information content (AvgIpc) is 3.15. The minimum Gasteiger partial charge on any atom is -0.456 e. The second-order valence-electron chi connectivity index (χ2n) is 5.22. The van der Waals surface area contributed by atoms with Gasteiger partial charge in [-0.05, 0) is 36.4 Å². The molecule has 0 bridgehead atoms. The van der Waals surface area contributed by atoms with Crippen LogP contribution in [0.4, 0.5) is 5.13 Å². The molecule has 0 saturated heterocycles. The number of benzene rings is 2. The van der Waals surface area contributed by atoms with Crippen LogP contribution in [0, 0.1) is 11.3 Å². The van der Waals surface area contributed by atoms with Gasteiger partial charge in [0.05, 0.1) is 17.1 Å². The van der Waals surface area contributed by atoms with Crippen molar-refractivity contribution >= 4 is 42.4 Å². The largest absolute Gasteiger partial charge is 0.456 e. The number of nitriles is 1. The zero-order chi connectivity index (χ0) is 19.4. The molecule has 0 radical (unpaired) electrons. The number of aromatic nitrogens is 1. The van der Waals surface area contributed by atoms with Crippen molar-refractivity contribution in [3.63, 3.8) is 0 Å². The maximum Gasteiger partial charge on any atom is 0.263 e. The van der Waals surface area contributed by atoms with Crippen molar-refractivity contribution < 1.29 is 18.3 Å². The third-order valence-electron chi connectivity index (χ3n) is 3.45. The van der Waals surface area contributed by atoms with Crippen LogP contribution in [0.25, 0.3) is 0 Å². The van der Waals surface area contributed by atoms with E-state index in [2.05, 4.69) is 25.6 Å². The van der Waals surface area contributed by atoms with Gasteiger partial charge in [-0.2, -0.15) is 5.26 Å². The standard InChI is InChI=1S/C17H12BrN3O4S2/c18-13-1-3-16(12(7-13)10-22)25-15-4-2-14(8-11(15)9-19)27(23,24)21-17-20-5-6-26-17/h1-8,22H,10H2,(H,20,21). The van der Waals surface area contributed by atoms with Gasteiger partial charge in [0.1, 0.15) is 17.6 Å². The predicted octanol–water partition coefficient (Wildman–Crippen LogP) is 3.86. The molecule has 2 aromatic carbocycles. The Morgan fingerprint density at radius 3 is 2.70 bits per heavy atom. The summed E-state index contributed by atoms with van der Waals surface area (Å²) in [5.41, 5.74) is 0.569. The van der Waals surface area contributed by atoms with E-state index in [0.717, 1.165) is 15.8 Å². The van der Waals surface area contributed by atoms with Gasteiger partial charge in [0, 0.05) is 21.6 Å². The zero-order valence-corrected chi connectivity index (χ0v) is 16.8. The van der Waals surface area contributed by atoms with E-state index in [-0.39, 0.29) is 27.9 Å². The Labute approximate surface area is 168 Å². The lowest BCUT2D eigenvalue weighted by Gasteiger charge is -2.12. The molecule has 7 nitrogen and oxygen atoms in total. The van der Waals surface area contributed by atoms with Gasteiger partial charge in [-0.15, -0.1) is 11.3 Å². The highest BCUT2D eigenvalue weighted by atomic mass is 79.9. The molecule has 10 heteroatoms. The number of aliphatic hydroxyl groups is 1. The normalized spacial score (nSPS) is 11.0. The molecule has 3 aromatic rings. The number of nitrogens with zero attached hydrogens (tertiary/aromatic N) is 2. The Morgan fingerprint density at radius 1 is 1.26 bits per heavy atom. The molecule has 1 aromatic heterocycles. The van der Waals surface area contributed by atoms with E-state index < -0.39 is 10.0 Å². The van der Waals surface area contributed by atoms with Gasteiger partial charge in [0.2, 0.25) is 0 Å². The van der Waals surface area contributed by atoms with Crippen LogP contribution < -0.4 is 9.46 Å². The summed E-state index contributed by atoms with van der Waals surface area (Å²) >= 11 is 4.46. The van der Waals surface area contributed by atoms with Crippen LogP contribution in [0.3, 0.4) is 0 Å². The maximum absolute atomic E-state index is 12.4. The number of hydrogen-bond acceptors (Lipinski definition) is 7. The predicted molar refractivity (Wildman–Crippen MR) is 104 cm³/mol. The first-order valence-corrected chi connectivity index (χ1v) is 10.6. The minimum atomic E-state index is -3.88. The first kappa shape index (κ1) is 19.3. The van der Waals surface area contributed by atoms with E-state index in [1.54, 1.807) is 23.6 Å². The van der Waals surface area contributed by atoms with E-state index in [9.17, 15) is 18.8 Å². The Kier molecular flexibility index (Phi) is 5.76. The summed E-state index contributed by atoms with van der Waals surface area (Å²) < 4.78 is 33.7. The second kappa shape index (κ2) is 8.06. The van der Waals surface area contributed by atoms with E-state index in [4.69, 9.17) is 4.74 Å². The molecule has 138 valence electrons. The summed E-state index contributed by atoms with van der Waals surface area (Å²) in [5.74, 6) is 0.552. The van der Waals surface area contributed by atoms with E-state index in [1.807, 2.05) is 6.07 Å². The lowest BCUT2D eigenvalue weighted by molar-refractivity contribution is 0.276. The van der Waals surface area contributed by atoms with E-state index in [1.165, 1.54) is 24.4 Å². The van der Waals surface area contributed by atoms with E-state index >= 15 is 0 Å². The second-order valence-corrected chi connectivity index (χ2v) is 8.72. The monoisotopic (exact) mass is 465 g/mol. The van der Waals surface area contributed by atoms with Gasteiger partial charge in [0.15, 0.2) is 5.13 Å². The highest BCUT2D eigenvalue weighted by molar-refractivity contribution is 9.10. The molecule has 0 aliphatic carbocycles. The molecule has 2 N–H and O–H groups in total. The third-order valence-corrected chi connectivity index (χ3v) is 6.10. The zero-order valence-electron chi connectivity index (χ0n) is 13.6. The number of anilines is 1. The smallest absolute Gasteiger partial charge is 0.263 e. The van der Waals surface area contributed by atoms with Crippen LogP contribution in [0.15, 0.2) is 57.3 Å². The summed E-state index contributed by atoms with van der Waals surface area (Å²) in [6.07, 6.45) is 1.48. The van der Waals surface area contributed by atoms with Crippen LogP contribution in [0.2, 0.25) is 0 Å². The number of ether oxygens (including phenoxy) is 1. The highest BCUT2D eigenvalue weighted by Crippen LogP contribution is 2.31. The van der Waals surface area contributed by atoms with Crippen molar-refractivity contribution in [3.05, 3.63) is 63.6 Å². The van der Waals surface area contributed by atoms with Crippen molar-refractivity contribution in [1.29, 1.82) is 5.26 Å². The number of nitrogens with one attached hydrogen (secondary N) is 1. The number of rotatable bonds is 6. The Bertz CT molecular complexity index is 1110. The fraction of sp³-hybridized carbons (Fsp3) is 0.0588. The molecule has 0 saturated carbocycles. The lowest BCUT2D eigenvalue weighted by atomic mass is 10.2. The molecule has 3 rings (SSSR count). The van der Waals surface area contributed by atoms with Crippen molar-refractivity contribution in [3.8, 4) is 17.6 Å². The Hall–Kier alpha value is -2.45. The molecule has 0 aliphatic rings. The molecule has 0 aliphatic heterocycles. The van der Waals surface area contributed by atoms with Crippen molar-refractivity contribution in [2.45, 2.75) is 11.5 Å². The van der Waals surface area contributed by atoms with Crippen LogP contribution in [-0.2, 0) is 16.6 Å². The van der Waals surface area contributed by atoms with Crippen molar-refractivity contribution in [2.24, 2.45) is 0 Å². The first-order chi connectivity index (χ1) is 12.9. The summed E-state index contributed by atoms with van der Waals surface area (Å²) in [5, 5.41) is 20.7. The van der Waals surface area contributed by atoms with E-state index in [0.29, 0.717) is 11.3 Å². The Balaban J connectivity index is 1.92. The van der Waals surface area contributed by atoms with Gasteiger partial charge in [-0.1, -0.05) is 15.9 Å². The molecule has 0 amide bonds. The molecular formula is C17H12BrN3O4S2. The maximum atomic E-state index is 12.4. The fourth-order valence-corrected chi connectivity index (χ4v) is 4.41. The van der Waals surface area contributed by atoms with Gasteiger partial charge in [0.25, 0.3) is 10.0 Å². The summed E-state index contributed by atoms with van der Waals surface area (Å²) in [7, 11) is -3.88. The van der Waals surface area contributed by atoms with Gasteiger partial charge in [-0.3, -0.25) is 4.72 Å². The first-order valence-electron chi connectivity index (χ1n) is 7.46. The minimum absolute atomic E-state index is 0.0452. The van der Waals surface area contributed by atoms with Crippen molar-refractivity contribution in [1.82, 2.24) is 4.98 Å². The number of thiazole rings is 1.